The van der Waals surface area contributed by atoms with Crippen molar-refractivity contribution in [2.45, 2.75) is 19.4 Å². The van der Waals surface area contributed by atoms with Gasteiger partial charge in [-0.3, -0.25) is 19.1 Å². The summed E-state index contributed by atoms with van der Waals surface area (Å²) >= 11 is 0. The van der Waals surface area contributed by atoms with Crippen LogP contribution in [-0.4, -0.2) is 22.0 Å². The molecule has 2 aromatic rings. The van der Waals surface area contributed by atoms with E-state index in [1.807, 2.05) is 0 Å². The van der Waals surface area contributed by atoms with Crippen molar-refractivity contribution >= 4 is 16.8 Å². The van der Waals surface area contributed by atoms with Crippen LogP contribution in [0.1, 0.15) is 12.8 Å². The maximum Gasteiger partial charge on any atom is 0.329 e. The first-order valence-electron chi connectivity index (χ1n) is 6.64. The van der Waals surface area contributed by atoms with E-state index < -0.39 is 11.2 Å². The molecule has 2 N–H and O–H groups in total. The van der Waals surface area contributed by atoms with Crippen LogP contribution in [0.15, 0.2) is 33.9 Å². The van der Waals surface area contributed by atoms with E-state index in [1.54, 1.807) is 24.3 Å². The number of benzene rings is 1. The zero-order chi connectivity index (χ0) is 14.1. The molecular formula is C14H15N3O3. The number of fused-ring (bicyclic) bond motifs is 1. The summed E-state index contributed by atoms with van der Waals surface area (Å²) in [6.45, 7) is 0.581. The van der Waals surface area contributed by atoms with Crippen molar-refractivity contribution in [2.24, 2.45) is 5.92 Å². The molecule has 1 amide bonds. The van der Waals surface area contributed by atoms with Crippen LogP contribution < -0.4 is 16.6 Å². The van der Waals surface area contributed by atoms with Crippen LogP contribution in [0.3, 0.4) is 0 Å². The molecule has 6 nitrogen and oxygen atoms in total. The second-order valence-corrected chi connectivity index (χ2v) is 5.11. The van der Waals surface area contributed by atoms with E-state index in [4.69, 9.17) is 0 Å². The van der Waals surface area contributed by atoms with Gasteiger partial charge in [-0.25, -0.2) is 4.79 Å². The maximum atomic E-state index is 11.9. The van der Waals surface area contributed by atoms with Crippen LogP contribution in [0.4, 0.5) is 0 Å². The summed E-state index contributed by atoms with van der Waals surface area (Å²) in [5.41, 5.74) is -0.515. The smallest absolute Gasteiger partial charge is 0.329 e. The van der Waals surface area contributed by atoms with Crippen LogP contribution in [-0.2, 0) is 11.3 Å². The quantitative estimate of drug-likeness (QED) is 0.835. The number of aromatic amines is 1. The third kappa shape index (κ3) is 2.49. The number of carbonyl (C=O) groups is 1. The minimum atomic E-state index is -0.560. The Bertz CT molecular complexity index is 771. The monoisotopic (exact) mass is 273 g/mol. The molecule has 3 rings (SSSR count). The lowest BCUT2D eigenvalue weighted by Crippen LogP contribution is -2.36. The molecule has 1 aliphatic rings. The van der Waals surface area contributed by atoms with Crippen LogP contribution >= 0.6 is 0 Å². The van der Waals surface area contributed by atoms with Gasteiger partial charge in [0.25, 0.3) is 5.56 Å². The molecule has 1 heterocycles. The highest BCUT2D eigenvalue weighted by Crippen LogP contribution is 2.27. The number of nitrogens with zero attached hydrogens (tertiary/aromatic N) is 1. The summed E-state index contributed by atoms with van der Waals surface area (Å²) in [4.78, 5) is 37.7. The van der Waals surface area contributed by atoms with Crippen LogP contribution in [0.25, 0.3) is 10.9 Å². The summed E-state index contributed by atoms with van der Waals surface area (Å²) in [7, 11) is 0. The van der Waals surface area contributed by atoms with E-state index in [1.165, 1.54) is 4.57 Å². The Morgan fingerprint density at radius 3 is 2.80 bits per heavy atom. The summed E-state index contributed by atoms with van der Waals surface area (Å²) < 4.78 is 1.29. The normalized spacial score (nSPS) is 14.4. The lowest BCUT2D eigenvalue weighted by Gasteiger charge is -2.09. The zero-order valence-corrected chi connectivity index (χ0v) is 10.9. The van der Waals surface area contributed by atoms with Gasteiger partial charge in [0.05, 0.1) is 10.9 Å². The fourth-order valence-corrected chi connectivity index (χ4v) is 2.18. The summed E-state index contributed by atoms with van der Waals surface area (Å²) in [5, 5.41) is 3.21. The first kappa shape index (κ1) is 12.7. The van der Waals surface area contributed by atoms with Crippen molar-refractivity contribution in [2.75, 3.05) is 6.54 Å². The number of rotatable bonds is 4. The van der Waals surface area contributed by atoms with Gasteiger partial charge >= 0.3 is 5.69 Å². The number of H-pyrrole nitrogens is 1. The number of hydrogen-bond acceptors (Lipinski definition) is 3. The van der Waals surface area contributed by atoms with Crippen LogP contribution in [0, 0.1) is 5.92 Å². The van der Waals surface area contributed by atoms with Crippen LogP contribution in [0.2, 0.25) is 0 Å². The average Bonchev–Trinajstić information content (AvgIpc) is 3.25. The molecule has 1 aliphatic carbocycles. The maximum absolute atomic E-state index is 11.9. The second kappa shape index (κ2) is 4.96. The molecule has 20 heavy (non-hydrogen) atoms. The molecule has 0 saturated heterocycles. The van der Waals surface area contributed by atoms with Gasteiger partial charge in [-0.2, -0.15) is 0 Å². The Labute approximate surface area is 114 Å². The number of aromatic nitrogens is 2. The number of hydrogen-bond donors (Lipinski definition) is 2. The van der Waals surface area contributed by atoms with E-state index >= 15 is 0 Å². The van der Waals surface area contributed by atoms with E-state index in [2.05, 4.69) is 10.3 Å². The molecule has 0 bridgehead atoms. The van der Waals surface area contributed by atoms with E-state index in [0.717, 1.165) is 12.8 Å². The van der Waals surface area contributed by atoms with Crippen LogP contribution in [0.5, 0.6) is 0 Å². The van der Waals surface area contributed by atoms with Crippen molar-refractivity contribution < 1.29 is 4.79 Å². The fraction of sp³-hybridized carbons (Fsp3) is 0.357. The Morgan fingerprint density at radius 1 is 1.30 bits per heavy atom. The Kier molecular flexibility index (Phi) is 3.14. The third-order valence-electron chi connectivity index (χ3n) is 3.49. The SMILES string of the molecule is O=C(Cn1c(=O)[nH]c(=O)c2ccccc21)NCC1CC1. The summed E-state index contributed by atoms with van der Waals surface area (Å²) in [5.74, 6) is 0.374. The molecule has 1 fully saturated rings. The first-order valence-corrected chi connectivity index (χ1v) is 6.64. The molecule has 1 saturated carbocycles. The fourth-order valence-electron chi connectivity index (χ4n) is 2.18. The van der Waals surface area contributed by atoms with Crippen molar-refractivity contribution in [3.63, 3.8) is 0 Å². The largest absolute Gasteiger partial charge is 0.354 e. The predicted molar refractivity (Wildman–Crippen MR) is 74.6 cm³/mol. The predicted octanol–water partition coefficient (Wildman–Crippen LogP) is 0.216. The topological polar surface area (TPSA) is 84.0 Å². The molecule has 0 radical (unpaired) electrons. The third-order valence-corrected chi connectivity index (χ3v) is 3.49. The van der Waals surface area contributed by atoms with Gasteiger partial charge in [-0.1, -0.05) is 12.1 Å². The van der Waals surface area contributed by atoms with Gasteiger partial charge in [0.2, 0.25) is 5.91 Å². The molecule has 6 heteroatoms. The molecule has 104 valence electrons. The molecular weight excluding hydrogens is 258 g/mol. The van der Waals surface area contributed by atoms with Gasteiger partial charge in [0, 0.05) is 6.54 Å². The highest BCUT2D eigenvalue weighted by atomic mass is 16.2. The average molecular weight is 273 g/mol. The van der Waals surface area contributed by atoms with E-state index in [9.17, 15) is 14.4 Å². The lowest BCUT2D eigenvalue weighted by molar-refractivity contribution is -0.121. The summed E-state index contributed by atoms with van der Waals surface area (Å²) in [6, 6.07) is 6.76. The summed E-state index contributed by atoms with van der Waals surface area (Å²) in [6.07, 6.45) is 2.31. The van der Waals surface area contributed by atoms with Gasteiger partial charge in [-0.15, -0.1) is 0 Å². The van der Waals surface area contributed by atoms with Crippen molar-refractivity contribution in [1.29, 1.82) is 0 Å². The Balaban J connectivity index is 1.91. The lowest BCUT2D eigenvalue weighted by atomic mass is 10.2. The standard InChI is InChI=1S/C14H15N3O3/c18-12(15-7-9-5-6-9)8-17-11-4-2-1-3-10(11)13(19)16-14(17)20/h1-4,9H,5-8H2,(H,15,18)(H,16,19,20). The van der Waals surface area contributed by atoms with Gasteiger partial charge in [0.15, 0.2) is 0 Å². The molecule has 1 aromatic heterocycles. The van der Waals surface area contributed by atoms with Gasteiger partial charge in [-0.05, 0) is 30.9 Å². The van der Waals surface area contributed by atoms with Crippen molar-refractivity contribution in [3.05, 3.63) is 45.1 Å². The molecule has 0 aliphatic heterocycles. The van der Waals surface area contributed by atoms with Crippen molar-refractivity contribution in [3.8, 4) is 0 Å². The Hall–Kier alpha value is -2.37. The number of para-hydroxylation sites is 1. The highest BCUT2D eigenvalue weighted by Gasteiger charge is 2.21. The van der Waals surface area contributed by atoms with E-state index in [0.29, 0.717) is 23.4 Å². The molecule has 0 atom stereocenters. The zero-order valence-electron chi connectivity index (χ0n) is 10.9. The van der Waals surface area contributed by atoms with Gasteiger partial charge < -0.3 is 5.32 Å². The van der Waals surface area contributed by atoms with Crippen molar-refractivity contribution in [1.82, 2.24) is 14.9 Å². The minimum Gasteiger partial charge on any atom is -0.354 e. The number of carbonyl (C=O) groups excluding carboxylic acids is 1. The molecule has 0 unspecified atom stereocenters. The number of amides is 1. The van der Waals surface area contributed by atoms with Gasteiger partial charge in [0.1, 0.15) is 6.54 Å². The minimum absolute atomic E-state index is 0.0805. The highest BCUT2D eigenvalue weighted by molar-refractivity contribution is 5.81. The number of nitrogens with one attached hydrogen (secondary N) is 2. The second-order valence-electron chi connectivity index (χ2n) is 5.11. The Morgan fingerprint density at radius 2 is 2.05 bits per heavy atom. The molecule has 1 aromatic carbocycles. The first-order chi connectivity index (χ1) is 9.65. The molecule has 0 spiro atoms. The van der Waals surface area contributed by atoms with E-state index in [-0.39, 0.29) is 12.5 Å².